The maximum atomic E-state index is 11.7. The van der Waals surface area contributed by atoms with Gasteiger partial charge in [-0.2, -0.15) is 5.11 Å². The molecule has 0 fully saturated rings. The van der Waals surface area contributed by atoms with Crippen LogP contribution in [0.4, 0.5) is 0 Å². The summed E-state index contributed by atoms with van der Waals surface area (Å²) in [5.74, 6) is -0.532. The highest BCUT2D eigenvalue weighted by atomic mass is 16.6. The van der Waals surface area contributed by atoms with Crippen molar-refractivity contribution >= 4 is 5.97 Å². The molecule has 1 rings (SSSR count). The molecule has 1 unspecified atom stereocenters. The molecule has 16 heavy (non-hydrogen) atoms. The number of aromatic nitrogens is 1. The smallest absolute Gasteiger partial charge is 0.338 e. The highest BCUT2D eigenvalue weighted by molar-refractivity contribution is 5.77. The molecule has 0 saturated heterocycles. The zero-order chi connectivity index (χ0) is 12.2. The number of hydrogen-bond donors (Lipinski definition) is 1. The molecule has 1 aromatic heterocycles. The van der Waals surface area contributed by atoms with E-state index in [9.17, 15) is 4.79 Å². The van der Waals surface area contributed by atoms with Crippen LogP contribution in [-0.2, 0) is 9.53 Å². The average molecular weight is 221 g/mol. The van der Waals surface area contributed by atoms with Gasteiger partial charge in [-0.1, -0.05) is 6.07 Å². The van der Waals surface area contributed by atoms with Crippen LogP contribution in [0.3, 0.4) is 0 Å². The van der Waals surface area contributed by atoms with Gasteiger partial charge in [0.25, 0.3) is 0 Å². The van der Waals surface area contributed by atoms with Crippen LogP contribution < -0.4 is 0 Å². The fraction of sp³-hybridized carbons (Fsp3) is 0.455. The zero-order valence-corrected chi connectivity index (χ0v) is 9.60. The summed E-state index contributed by atoms with van der Waals surface area (Å²) in [4.78, 5) is 15.6. The fourth-order valence-corrected chi connectivity index (χ4v) is 1.16. The lowest BCUT2D eigenvalue weighted by Crippen LogP contribution is -2.27. The quantitative estimate of drug-likeness (QED) is 0.629. The third-order valence-electron chi connectivity index (χ3n) is 1.76. The minimum Gasteiger partial charge on any atom is -0.458 e. The Balaban J connectivity index is 2.84. The second kappa shape index (κ2) is 4.83. The topological polar surface area (TPSA) is 75.4 Å². The van der Waals surface area contributed by atoms with Gasteiger partial charge in [-0.05, 0) is 26.8 Å². The summed E-state index contributed by atoms with van der Waals surface area (Å²) in [5, 5.41) is 3.28. The summed E-state index contributed by atoms with van der Waals surface area (Å²) in [6, 6.07) is 2.46. The van der Waals surface area contributed by atoms with Crippen LogP contribution in [-0.4, -0.2) is 16.6 Å². The van der Waals surface area contributed by atoms with E-state index in [2.05, 4.69) is 10.1 Å². The van der Waals surface area contributed by atoms with Crippen molar-refractivity contribution in [2.24, 2.45) is 5.11 Å². The third kappa shape index (κ3) is 3.42. The Bertz CT molecular complexity index is 371. The van der Waals surface area contributed by atoms with Gasteiger partial charge in [0.05, 0.1) is 0 Å². The maximum absolute atomic E-state index is 11.7. The Morgan fingerprint density at radius 3 is 2.69 bits per heavy atom. The van der Waals surface area contributed by atoms with Gasteiger partial charge >= 0.3 is 5.97 Å². The fourth-order valence-electron chi connectivity index (χ4n) is 1.16. The minimum atomic E-state index is -0.923. The number of ether oxygens (including phenoxy) is 1. The molecule has 0 aliphatic rings. The van der Waals surface area contributed by atoms with Crippen LogP contribution in [0.25, 0.3) is 0 Å². The normalized spacial score (nSPS) is 12.9. The van der Waals surface area contributed by atoms with Crippen molar-refractivity contribution in [3.63, 3.8) is 0 Å². The van der Waals surface area contributed by atoms with Gasteiger partial charge < -0.3 is 4.74 Å². The van der Waals surface area contributed by atoms with Crippen molar-refractivity contribution in [1.29, 1.82) is 5.53 Å². The molecule has 0 aliphatic heterocycles. The first-order chi connectivity index (χ1) is 7.44. The van der Waals surface area contributed by atoms with Gasteiger partial charge in [-0.3, -0.25) is 4.98 Å². The van der Waals surface area contributed by atoms with Gasteiger partial charge in [-0.25, -0.2) is 10.3 Å². The van der Waals surface area contributed by atoms with Crippen LogP contribution in [0.15, 0.2) is 29.6 Å². The summed E-state index contributed by atoms with van der Waals surface area (Å²) in [5.41, 5.74) is 7.01. The van der Waals surface area contributed by atoms with Crippen LogP contribution >= 0.6 is 0 Å². The van der Waals surface area contributed by atoms with Crippen LogP contribution in [0.1, 0.15) is 32.4 Å². The van der Waals surface area contributed by atoms with Crippen molar-refractivity contribution in [3.8, 4) is 0 Å². The van der Waals surface area contributed by atoms with Gasteiger partial charge in [0.2, 0.25) is 0 Å². The van der Waals surface area contributed by atoms with Gasteiger partial charge in [0.15, 0.2) is 6.04 Å². The van der Waals surface area contributed by atoms with E-state index in [0.717, 1.165) is 0 Å². The number of carbonyl (C=O) groups excluding carboxylic acids is 1. The summed E-state index contributed by atoms with van der Waals surface area (Å²) < 4.78 is 5.16. The second-order valence-corrected chi connectivity index (χ2v) is 4.35. The molecule has 0 aromatic carbocycles. The molecule has 5 nitrogen and oxygen atoms in total. The highest BCUT2D eigenvalue weighted by Gasteiger charge is 2.26. The first kappa shape index (κ1) is 12.3. The molecule has 0 bridgehead atoms. The van der Waals surface area contributed by atoms with Gasteiger partial charge in [-0.15, -0.1) is 0 Å². The summed E-state index contributed by atoms with van der Waals surface area (Å²) in [7, 11) is 0. The summed E-state index contributed by atoms with van der Waals surface area (Å²) in [6.45, 7) is 5.32. The lowest BCUT2D eigenvalue weighted by molar-refractivity contribution is -0.156. The largest absolute Gasteiger partial charge is 0.458 e. The standard InChI is InChI=1S/C11H15N3O2/c1-11(2,3)16-10(15)9(14-12)8-5-4-6-13-7-8/h4-7,9,12H,1-3H3. The molecule has 5 heteroatoms. The number of rotatable bonds is 3. The van der Waals surface area contributed by atoms with E-state index >= 15 is 0 Å². The van der Waals surface area contributed by atoms with E-state index in [-0.39, 0.29) is 0 Å². The molecule has 0 saturated carbocycles. The molecule has 1 heterocycles. The molecule has 0 radical (unpaired) electrons. The Morgan fingerprint density at radius 2 is 2.25 bits per heavy atom. The predicted molar refractivity (Wildman–Crippen MR) is 58.0 cm³/mol. The van der Waals surface area contributed by atoms with E-state index in [4.69, 9.17) is 10.3 Å². The Labute approximate surface area is 94.4 Å². The Kier molecular flexibility index (Phi) is 3.71. The number of nitrogens with zero attached hydrogens (tertiary/aromatic N) is 2. The second-order valence-electron chi connectivity index (χ2n) is 4.35. The molecule has 86 valence electrons. The van der Waals surface area contributed by atoms with E-state index < -0.39 is 17.6 Å². The third-order valence-corrected chi connectivity index (χ3v) is 1.76. The van der Waals surface area contributed by atoms with E-state index in [1.165, 1.54) is 6.20 Å². The first-order valence-corrected chi connectivity index (χ1v) is 4.93. The molecule has 1 atom stereocenters. The Hall–Kier alpha value is -1.78. The van der Waals surface area contributed by atoms with Crippen molar-refractivity contribution in [2.75, 3.05) is 0 Å². The zero-order valence-electron chi connectivity index (χ0n) is 9.60. The first-order valence-electron chi connectivity index (χ1n) is 4.93. The van der Waals surface area contributed by atoms with E-state index in [1.54, 1.807) is 39.1 Å². The van der Waals surface area contributed by atoms with Crippen molar-refractivity contribution in [1.82, 2.24) is 4.98 Å². The van der Waals surface area contributed by atoms with Crippen molar-refractivity contribution < 1.29 is 9.53 Å². The van der Waals surface area contributed by atoms with Crippen LogP contribution in [0, 0.1) is 5.53 Å². The lowest BCUT2D eigenvalue weighted by Gasteiger charge is -2.21. The van der Waals surface area contributed by atoms with E-state index in [1.807, 2.05) is 0 Å². The minimum absolute atomic E-state index is 0.532. The van der Waals surface area contributed by atoms with Gasteiger partial charge in [0, 0.05) is 18.0 Å². The molecule has 0 spiro atoms. The van der Waals surface area contributed by atoms with Crippen molar-refractivity contribution in [2.45, 2.75) is 32.4 Å². The summed E-state index contributed by atoms with van der Waals surface area (Å²) in [6.07, 6.45) is 3.10. The highest BCUT2D eigenvalue weighted by Crippen LogP contribution is 2.20. The molecule has 1 aromatic rings. The molecular weight excluding hydrogens is 206 g/mol. The van der Waals surface area contributed by atoms with Crippen molar-refractivity contribution in [3.05, 3.63) is 30.1 Å². The molecular formula is C11H15N3O2. The van der Waals surface area contributed by atoms with E-state index in [0.29, 0.717) is 5.56 Å². The lowest BCUT2D eigenvalue weighted by atomic mass is 10.1. The monoisotopic (exact) mass is 221 g/mol. The summed E-state index contributed by atoms with van der Waals surface area (Å²) >= 11 is 0. The number of esters is 1. The predicted octanol–water partition coefficient (Wildman–Crippen LogP) is 2.50. The van der Waals surface area contributed by atoms with Crippen LogP contribution in [0.5, 0.6) is 0 Å². The molecule has 0 aliphatic carbocycles. The maximum Gasteiger partial charge on any atom is 0.338 e. The number of pyridine rings is 1. The van der Waals surface area contributed by atoms with Gasteiger partial charge in [0.1, 0.15) is 5.60 Å². The average Bonchev–Trinajstić information content (AvgIpc) is 2.17. The Morgan fingerprint density at radius 1 is 1.56 bits per heavy atom. The molecule has 0 amide bonds. The SMILES string of the molecule is CC(C)(C)OC(=O)C(N=N)c1cccnc1. The molecule has 1 N–H and O–H groups in total. The number of nitrogens with one attached hydrogen (secondary N) is 1. The number of hydrogen-bond acceptors (Lipinski definition) is 5. The number of carbonyl (C=O) groups is 1. The van der Waals surface area contributed by atoms with Crippen LogP contribution in [0.2, 0.25) is 0 Å².